The van der Waals surface area contributed by atoms with Gasteiger partial charge >= 0.3 is 6.03 Å². The van der Waals surface area contributed by atoms with E-state index < -0.39 is 0 Å². The van der Waals surface area contributed by atoms with Crippen molar-refractivity contribution in [1.29, 1.82) is 0 Å². The van der Waals surface area contributed by atoms with Crippen LogP contribution in [0.3, 0.4) is 0 Å². The summed E-state index contributed by atoms with van der Waals surface area (Å²) in [6, 6.07) is 7.75. The molecule has 1 aliphatic rings. The van der Waals surface area contributed by atoms with Crippen LogP contribution in [0.5, 0.6) is 0 Å². The minimum atomic E-state index is -0.0565. The number of carbonyl (C=O) groups excluding carboxylic acids is 1. The summed E-state index contributed by atoms with van der Waals surface area (Å²) in [4.78, 5) is 13.3. The maximum Gasteiger partial charge on any atom is 0.321 e. The zero-order valence-corrected chi connectivity index (χ0v) is 8.08. The Balaban J connectivity index is 2.35. The van der Waals surface area contributed by atoms with Gasteiger partial charge in [-0.1, -0.05) is 12.1 Å². The Morgan fingerprint density at radius 1 is 1.50 bits per heavy atom. The molecule has 0 saturated carbocycles. The maximum atomic E-state index is 11.5. The van der Waals surface area contributed by atoms with E-state index in [1.165, 1.54) is 0 Å². The van der Waals surface area contributed by atoms with Gasteiger partial charge in [0.05, 0.1) is 11.4 Å². The van der Waals surface area contributed by atoms with Crippen LogP contribution >= 0.6 is 0 Å². The van der Waals surface area contributed by atoms with E-state index >= 15 is 0 Å². The second kappa shape index (κ2) is 3.57. The van der Waals surface area contributed by atoms with E-state index in [4.69, 9.17) is 0 Å². The van der Waals surface area contributed by atoms with E-state index in [1.807, 2.05) is 24.3 Å². The summed E-state index contributed by atoms with van der Waals surface area (Å²) in [5.41, 5.74) is 1.96. The maximum absolute atomic E-state index is 11.5. The molecule has 0 aromatic heterocycles. The van der Waals surface area contributed by atoms with Crippen LogP contribution in [0.1, 0.15) is 0 Å². The first kappa shape index (κ1) is 8.87. The Labute approximate surface area is 82.9 Å². The van der Waals surface area contributed by atoms with Gasteiger partial charge in [0.2, 0.25) is 0 Å². The summed E-state index contributed by atoms with van der Waals surface area (Å²) < 4.78 is 0. The number of amides is 2. The van der Waals surface area contributed by atoms with Gasteiger partial charge in [0.15, 0.2) is 0 Å². The SMILES string of the molecule is CNC(=O)N1CCNc2ccccc21. The van der Waals surface area contributed by atoms with Gasteiger partial charge in [-0.25, -0.2) is 4.79 Å². The number of hydrogen-bond acceptors (Lipinski definition) is 2. The monoisotopic (exact) mass is 191 g/mol. The number of para-hydroxylation sites is 2. The first-order valence-electron chi connectivity index (χ1n) is 4.65. The van der Waals surface area contributed by atoms with Crippen molar-refractivity contribution in [2.45, 2.75) is 0 Å². The number of hydrogen-bond donors (Lipinski definition) is 2. The number of fused-ring (bicyclic) bond motifs is 1. The molecule has 1 heterocycles. The fraction of sp³-hybridized carbons (Fsp3) is 0.300. The Kier molecular flexibility index (Phi) is 2.26. The normalized spacial score (nSPS) is 14.2. The highest BCUT2D eigenvalue weighted by Gasteiger charge is 2.20. The number of benzene rings is 1. The molecule has 2 amide bonds. The van der Waals surface area contributed by atoms with Crippen LogP contribution in [0.15, 0.2) is 24.3 Å². The van der Waals surface area contributed by atoms with Crippen molar-refractivity contribution < 1.29 is 4.79 Å². The molecule has 1 aromatic carbocycles. The average Bonchev–Trinajstić information content (AvgIpc) is 2.27. The molecule has 0 aliphatic carbocycles. The van der Waals surface area contributed by atoms with Gasteiger partial charge in [-0.15, -0.1) is 0 Å². The van der Waals surface area contributed by atoms with Crippen molar-refractivity contribution in [2.75, 3.05) is 30.4 Å². The van der Waals surface area contributed by atoms with Crippen LogP contribution in [0.4, 0.5) is 16.2 Å². The number of anilines is 2. The highest BCUT2D eigenvalue weighted by Crippen LogP contribution is 2.27. The largest absolute Gasteiger partial charge is 0.382 e. The molecule has 0 spiro atoms. The molecule has 0 unspecified atom stereocenters. The van der Waals surface area contributed by atoms with Gasteiger partial charge in [0.25, 0.3) is 0 Å². The van der Waals surface area contributed by atoms with Gasteiger partial charge < -0.3 is 10.6 Å². The molecule has 0 bridgehead atoms. The number of carbonyl (C=O) groups is 1. The van der Waals surface area contributed by atoms with Crippen molar-refractivity contribution in [1.82, 2.24) is 5.32 Å². The molecule has 0 fully saturated rings. The van der Waals surface area contributed by atoms with Gasteiger partial charge in [-0.05, 0) is 12.1 Å². The van der Waals surface area contributed by atoms with Gasteiger partial charge in [-0.2, -0.15) is 0 Å². The van der Waals surface area contributed by atoms with E-state index in [9.17, 15) is 4.79 Å². The van der Waals surface area contributed by atoms with Crippen molar-refractivity contribution in [3.05, 3.63) is 24.3 Å². The number of nitrogens with one attached hydrogen (secondary N) is 2. The number of rotatable bonds is 0. The van der Waals surface area contributed by atoms with Crippen LogP contribution < -0.4 is 15.5 Å². The quantitative estimate of drug-likeness (QED) is 0.648. The minimum absolute atomic E-state index is 0.0565. The molecule has 2 rings (SSSR count). The standard InChI is InChI=1S/C10H13N3O/c1-11-10(14)13-7-6-12-8-4-2-3-5-9(8)13/h2-5,12H,6-7H2,1H3,(H,11,14). The summed E-state index contributed by atoms with van der Waals surface area (Å²) in [7, 11) is 1.65. The summed E-state index contributed by atoms with van der Waals surface area (Å²) >= 11 is 0. The predicted molar refractivity (Wildman–Crippen MR) is 56.7 cm³/mol. The second-order valence-corrected chi connectivity index (χ2v) is 3.15. The van der Waals surface area contributed by atoms with E-state index in [2.05, 4.69) is 10.6 Å². The zero-order chi connectivity index (χ0) is 9.97. The van der Waals surface area contributed by atoms with Crippen LogP contribution in [0.2, 0.25) is 0 Å². The van der Waals surface area contributed by atoms with E-state index in [-0.39, 0.29) is 6.03 Å². The van der Waals surface area contributed by atoms with Crippen LogP contribution in [-0.2, 0) is 0 Å². The fourth-order valence-corrected chi connectivity index (χ4v) is 1.63. The molecular weight excluding hydrogens is 178 g/mol. The molecule has 4 heteroatoms. The Morgan fingerprint density at radius 2 is 2.29 bits per heavy atom. The van der Waals surface area contributed by atoms with Gasteiger partial charge in [0.1, 0.15) is 0 Å². The van der Waals surface area contributed by atoms with Crippen molar-refractivity contribution in [3.8, 4) is 0 Å². The molecule has 0 radical (unpaired) electrons. The molecular formula is C10H13N3O. The van der Waals surface area contributed by atoms with E-state index in [0.29, 0.717) is 6.54 Å². The first-order valence-corrected chi connectivity index (χ1v) is 4.65. The molecule has 0 atom stereocenters. The molecule has 2 N–H and O–H groups in total. The molecule has 0 saturated heterocycles. The summed E-state index contributed by atoms with van der Waals surface area (Å²) in [5, 5.41) is 5.88. The third-order valence-corrected chi connectivity index (χ3v) is 2.30. The number of nitrogens with zero attached hydrogens (tertiary/aromatic N) is 1. The lowest BCUT2D eigenvalue weighted by Gasteiger charge is -2.29. The van der Waals surface area contributed by atoms with Crippen molar-refractivity contribution in [2.24, 2.45) is 0 Å². The molecule has 74 valence electrons. The first-order chi connectivity index (χ1) is 6.83. The van der Waals surface area contributed by atoms with Gasteiger partial charge in [-0.3, -0.25) is 4.90 Å². The van der Waals surface area contributed by atoms with Gasteiger partial charge in [0, 0.05) is 20.1 Å². The highest BCUT2D eigenvalue weighted by atomic mass is 16.2. The lowest BCUT2D eigenvalue weighted by atomic mass is 10.2. The zero-order valence-electron chi connectivity index (χ0n) is 8.08. The third kappa shape index (κ3) is 1.39. The molecule has 4 nitrogen and oxygen atoms in total. The third-order valence-electron chi connectivity index (χ3n) is 2.30. The number of urea groups is 1. The smallest absolute Gasteiger partial charge is 0.321 e. The Morgan fingerprint density at radius 3 is 3.07 bits per heavy atom. The Bertz CT molecular complexity index is 351. The highest BCUT2D eigenvalue weighted by molar-refractivity contribution is 5.96. The molecule has 14 heavy (non-hydrogen) atoms. The topological polar surface area (TPSA) is 44.4 Å². The van der Waals surface area contributed by atoms with Crippen molar-refractivity contribution in [3.63, 3.8) is 0 Å². The molecule has 1 aliphatic heterocycles. The van der Waals surface area contributed by atoms with Crippen LogP contribution in [-0.4, -0.2) is 26.2 Å². The fourth-order valence-electron chi connectivity index (χ4n) is 1.63. The van der Waals surface area contributed by atoms with Crippen LogP contribution in [0.25, 0.3) is 0 Å². The summed E-state index contributed by atoms with van der Waals surface area (Å²) in [6.07, 6.45) is 0. The lowest BCUT2D eigenvalue weighted by molar-refractivity contribution is 0.248. The predicted octanol–water partition coefficient (Wildman–Crippen LogP) is 1.26. The average molecular weight is 191 g/mol. The van der Waals surface area contributed by atoms with E-state index in [1.54, 1.807) is 11.9 Å². The molecule has 1 aromatic rings. The lowest BCUT2D eigenvalue weighted by Crippen LogP contribution is -2.43. The van der Waals surface area contributed by atoms with E-state index in [0.717, 1.165) is 17.9 Å². The Hall–Kier alpha value is -1.71. The van der Waals surface area contributed by atoms with Crippen LogP contribution in [0, 0.1) is 0 Å². The summed E-state index contributed by atoms with van der Waals surface area (Å²) in [6.45, 7) is 1.50. The minimum Gasteiger partial charge on any atom is -0.382 e. The van der Waals surface area contributed by atoms with Crippen molar-refractivity contribution >= 4 is 17.4 Å². The second-order valence-electron chi connectivity index (χ2n) is 3.15. The summed E-state index contributed by atoms with van der Waals surface area (Å²) in [5.74, 6) is 0.